The van der Waals surface area contributed by atoms with Gasteiger partial charge < -0.3 is 10.5 Å². The summed E-state index contributed by atoms with van der Waals surface area (Å²) in [6.07, 6.45) is 7.06. The molecule has 1 N–H and O–H groups in total. The second-order valence-corrected chi connectivity index (χ2v) is 6.15. The molecule has 7 nitrogen and oxygen atoms in total. The molecular weight excluding hydrogens is 356 g/mol. The van der Waals surface area contributed by atoms with Crippen molar-refractivity contribution in [3.05, 3.63) is 60.0 Å². The van der Waals surface area contributed by atoms with E-state index in [4.69, 9.17) is 0 Å². The molecule has 3 heterocycles. The fourth-order valence-electron chi connectivity index (χ4n) is 2.64. The Labute approximate surface area is 152 Å². The van der Waals surface area contributed by atoms with Gasteiger partial charge in [0.05, 0.1) is 29.7 Å². The minimum atomic E-state index is -0.911. The number of pyridine rings is 2. The molecule has 4 rings (SSSR count). The number of rotatable bonds is 4. The lowest BCUT2D eigenvalue weighted by atomic mass is 10.1. The Kier molecular flexibility index (Phi) is 4.19. The van der Waals surface area contributed by atoms with Crippen LogP contribution < -0.4 is 10.0 Å². The Morgan fingerprint density at radius 3 is 2.59 bits per heavy atom. The Hall–Kier alpha value is -3.49. The number of anilines is 1. The average molecular weight is 369 g/mol. The molecule has 3 aromatic rings. The van der Waals surface area contributed by atoms with E-state index in [-0.39, 0.29) is 29.0 Å². The maximum atomic E-state index is 14.2. The normalized spacial score (nSPS) is 13.4. The Morgan fingerprint density at radius 1 is 1.19 bits per heavy atom. The van der Waals surface area contributed by atoms with Gasteiger partial charge in [0.25, 0.3) is 0 Å². The van der Waals surface area contributed by atoms with Gasteiger partial charge in [-0.3, -0.25) is 9.78 Å². The van der Waals surface area contributed by atoms with Gasteiger partial charge in [0, 0.05) is 12.0 Å². The number of amides is 1. The van der Waals surface area contributed by atoms with Crippen LogP contribution in [-0.2, 0) is 4.79 Å². The van der Waals surface area contributed by atoms with Gasteiger partial charge in [-0.1, -0.05) is 0 Å². The molecule has 1 saturated carbocycles. The van der Waals surface area contributed by atoms with E-state index in [0.717, 1.165) is 25.2 Å². The van der Waals surface area contributed by atoms with Crippen molar-refractivity contribution < 1.29 is 18.3 Å². The summed E-state index contributed by atoms with van der Waals surface area (Å²) in [5, 5.41) is 14.3. The van der Waals surface area contributed by atoms with Crippen molar-refractivity contribution in [2.75, 3.05) is 5.32 Å². The van der Waals surface area contributed by atoms with E-state index < -0.39 is 17.2 Å². The molecule has 27 heavy (non-hydrogen) atoms. The van der Waals surface area contributed by atoms with E-state index in [1.165, 1.54) is 24.7 Å². The quantitative estimate of drug-likeness (QED) is 0.563. The molecule has 1 aliphatic rings. The second-order valence-electron chi connectivity index (χ2n) is 6.15. The Bertz CT molecular complexity index is 1020. The van der Waals surface area contributed by atoms with Crippen molar-refractivity contribution in [1.29, 1.82) is 0 Å². The summed E-state index contributed by atoms with van der Waals surface area (Å²) in [5.74, 6) is -1.92. The Balaban J connectivity index is 1.86. The van der Waals surface area contributed by atoms with Gasteiger partial charge >= 0.3 is 0 Å². The number of hydrogen-bond acceptors (Lipinski definition) is 5. The standard InChI is InChI=1S/C18H13F2N5O2/c19-12-6-21-7-13(20)15(12)17-16(11-2-1-5-25(27)9-11)23-14(8-22-17)24-18(26)10-3-4-10/h1-2,5-10H,3-4H2,(H,23,24,26). The van der Waals surface area contributed by atoms with Crippen LogP contribution in [0.3, 0.4) is 0 Å². The van der Waals surface area contributed by atoms with Gasteiger partial charge in [-0.05, 0) is 18.9 Å². The number of carbonyl (C=O) groups is 1. The number of nitrogens with one attached hydrogen (secondary N) is 1. The second kappa shape index (κ2) is 6.67. The molecule has 0 aliphatic heterocycles. The fraction of sp³-hybridized carbons (Fsp3) is 0.167. The molecule has 1 fully saturated rings. The van der Waals surface area contributed by atoms with Crippen LogP contribution in [0.4, 0.5) is 14.6 Å². The molecule has 0 atom stereocenters. The molecule has 0 aromatic carbocycles. The Morgan fingerprint density at radius 2 is 1.93 bits per heavy atom. The van der Waals surface area contributed by atoms with E-state index in [1.807, 2.05) is 0 Å². The van der Waals surface area contributed by atoms with Crippen LogP contribution in [0.15, 0.2) is 43.1 Å². The molecule has 9 heteroatoms. The lowest BCUT2D eigenvalue weighted by Gasteiger charge is -2.12. The first kappa shape index (κ1) is 17.0. The van der Waals surface area contributed by atoms with Crippen molar-refractivity contribution in [2.24, 2.45) is 5.92 Å². The molecule has 3 aromatic heterocycles. The zero-order valence-electron chi connectivity index (χ0n) is 13.9. The highest BCUT2D eigenvalue weighted by molar-refractivity contribution is 5.93. The van der Waals surface area contributed by atoms with E-state index in [2.05, 4.69) is 20.3 Å². The third kappa shape index (κ3) is 3.43. The highest BCUT2D eigenvalue weighted by Gasteiger charge is 2.30. The van der Waals surface area contributed by atoms with Gasteiger partial charge in [-0.25, -0.2) is 18.7 Å². The average Bonchev–Trinajstić information content (AvgIpc) is 3.48. The summed E-state index contributed by atoms with van der Waals surface area (Å²) >= 11 is 0. The lowest BCUT2D eigenvalue weighted by Crippen LogP contribution is -2.24. The number of hydrogen-bond donors (Lipinski definition) is 1. The third-order valence-electron chi connectivity index (χ3n) is 4.11. The van der Waals surface area contributed by atoms with E-state index >= 15 is 0 Å². The topological polar surface area (TPSA) is 94.7 Å². The number of carbonyl (C=O) groups excluding carboxylic acids is 1. The maximum Gasteiger partial charge on any atom is 0.228 e. The largest absolute Gasteiger partial charge is 0.619 e. The maximum absolute atomic E-state index is 14.2. The van der Waals surface area contributed by atoms with Crippen LogP contribution in [0.1, 0.15) is 12.8 Å². The van der Waals surface area contributed by atoms with E-state index in [1.54, 1.807) is 6.07 Å². The fourth-order valence-corrected chi connectivity index (χ4v) is 2.64. The van der Waals surface area contributed by atoms with Crippen LogP contribution in [0.5, 0.6) is 0 Å². The molecule has 0 bridgehead atoms. The van der Waals surface area contributed by atoms with Crippen LogP contribution >= 0.6 is 0 Å². The van der Waals surface area contributed by atoms with Crippen molar-refractivity contribution in [1.82, 2.24) is 15.0 Å². The van der Waals surface area contributed by atoms with Crippen LogP contribution in [0, 0.1) is 22.8 Å². The van der Waals surface area contributed by atoms with Crippen LogP contribution in [0.25, 0.3) is 22.5 Å². The van der Waals surface area contributed by atoms with Crippen molar-refractivity contribution in [3.63, 3.8) is 0 Å². The molecule has 0 spiro atoms. The van der Waals surface area contributed by atoms with Crippen molar-refractivity contribution >= 4 is 11.7 Å². The SMILES string of the molecule is O=C(Nc1cnc(-c2c(F)cncc2F)c(-c2ccc[n+]([O-])c2)n1)C1CC1. The van der Waals surface area contributed by atoms with Gasteiger partial charge in [0.2, 0.25) is 5.91 Å². The summed E-state index contributed by atoms with van der Waals surface area (Å²) in [6, 6.07) is 3.04. The van der Waals surface area contributed by atoms with Gasteiger partial charge in [-0.2, -0.15) is 4.73 Å². The smallest absolute Gasteiger partial charge is 0.228 e. The molecule has 0 radical (unpaired) electrons. The summed E-state index contributed by atoms with van der Waals surface area (Å²) in [5.41, 5.74) is -0.136. The molecule has 136 valence electrons. The molecular formula is C18H13F2N5O2. The number of halogens is 2. The number of aromatic nitrogens is 4. The summed E-state index contributed by atoms with van der Waals surface area (Å²) < 4.78 is 29.0. The predicted molar refractivity (Wildman–Crippen MR) is 90.9 cm³/mol. The highest BCUT2D eigenvalue weighted by atomic mass is 19.1. The van der Waals surface area contributed by atoms with Gasteiger partial charge in [-0.15, -0.1) is 0 Å². The minimum Gasteiger partial charge on any atom is -0.619 e. The predicted octanol–water partition coefficient (Wildman–Crippen LogP) is 2.47. The van der Waals surface area contributed by atoms with Crippen LogP contribution in [-0.4, -0.2) is 20.9 Å². The van der Waals surface area contributed by atoms with E-state index in [9.17, 15) is 18.8 Å². The van der Waals surface area contributed by atoms with Gasteiger partial charge in [0.15, 0.2) is 29.8 Å². The first-order valence-corrected chi connectivity index (χ1v) is 8.19. The summed E-state index contributed by atoms with van der Waals surface area (Å²) in [6.45, 7) is 0. The van der Waals surface area contributed by atoms with Crippen molar-refractivity contribution in [2.45, 2.75) is 12.8 Å². The highest BCUT2D eigenvalue weighted by Crippen LogP contribution is 2.33. The van der Waals surface area contributed by atoms with Crippen LogP contribution in [0.2, 0.25) is 0 Å². The monoisotopic (exact) mass is 369 g/mol. The minimum absolute atomic E-state index is 0.0504. The number of nitrogens with zero attached hydrogens (tertiary/aromatic N) is 4. The van der Waals surface area contributed by atoms with Gasteiger partial charge in [0.1, 0.15) is 11.4 Å². The van der Waals surface area contributed by atoms with Crippen molar-refractivity contribution in [3.8, 4) is 22.5 Å². The molecule has 1 amide bonds. The first-order valence-electron chi connectivity index (χ1n) is 8.19. The zero-order chi connectivity index (χ0) is 19.0. The summed E-state index contributed by atoms with van der Waals surface area (Å²) in [7, 11) is 0. The lowest BCUT2D eigenvalue weighted by molar-refractivity contribution is -0.604. The van der Waals surface area contributed by atoms with E-state index in [0.29, 0.717) is 10.3 Å². The summed E-state index contributed by atoms with van der Waals surface area (Å²) in [4.78, 5) is 23.8. The zero-order valence-corrected chi connectivity index (χ0v) is 13.9. The molecule has 0 unspecified atom stereocenters. The molecule has 0 saturated heterocycles. The third-order valence-corrected chi connectivity index (χ3v) is 4.11. The molecule has 1 aliphatic carbocycles. The first-order chi connectivity index (χ1) is 13.0.